The molecule has 2 aromatic rings. The molecule has 1 aliphatic rings. The molecule has 1 aromatic heterocycles. The van der Waals surface area contributed by atoms with Gasteiger partial charge in [0.05, 0.1) is 19.0 Å². The normalized spacial score (nSPS) is 17.6. The molecule has 0 spiro atoms. The fraction of sp³-hybridized carbons (Fsp3) is 0.474. The summed E-state index contributed by atoms with van der Waals surface area (Å²) in [6.07, 6.45) is 1.12. The minimum atomic E-state index is -0.493. The van der Waals surface area contributed by atoms with Crippen LogP contribution in [0.2, 0.25) is 0 Å². The first-order valence-electron chi connectivity index (χ1n) is 8.70. The van der Waals surface area contributed by atoms with Crippen LogP contribution in [0.25, 0.3) is 0 Å². The van der Waals surface area contributed by atoms with Crippen LogP contribution in [-0.4, -0.2) is 65.4 Å². The van der Waals surface area contributed by atoms with Gasteiger partial charge in [0, 0.05) is 39.3 Å². The van der Waals surface area contributed by atoms with Gasteiger partial charge in [-0.15, -0.1) is 0 Å². The highest BCUT2D eigenvalue weighted by molar-refractivity contribution is 5.27. The van der Waals surface area contributed by atoms with E-state index in [0.29, 0.717) is 25.5 Å². The molecule has 0 bridgehead atoms. The zero-order valence-corrected chi connectivity index (χ0v) is 14.4. The highest BCUT2D eigenvalue weighted by Crippen LogP contribution is 2.14. The minimum absolute atomic E-state index is 0.310. The molecule has 6 nitrogen and oxygen atoms in total. The Bertz CT molecular complexity index is 624. The summed E-state index contributed by atoms with van der Waals surface area (Å²) in [6, 6.07) is 11.1. The fourth-order valence-corrected chi connectivity index (χ4v) is 3.08. The predicted octanol–water partition coefficient (Wildman–Crippen LogP) is 1.68. The van der Waals surface area contributed by atoms with Gasteiger partial charge in [0.1, 0.15) is 18.1 Å². The molecule has 0 saturated carbocycles. The third-order valence-electron chi connectivity index (χ3n) is 4.39. The third kappa shape index (κ3) is 5.86. The van der Waals surface area contributed by atoms with Crippen LogP contribution in [0.5, 0.6) is 5.75 Å². The zero-order valence-electron chi connectivity index (χ0n) is 14.4. The molecule has 2 N–H and O–H groups in total. The quantitative estimate of drug-likeness (QED) is 0.758. The second kappa shape index (κ2) is 9.01. The van der Waals surface area contributed by atoms with E-state index < -0.39 is 6.10 Å². The number of piperazine rings is 1. The lowest BCUT2D eigenvalue weighted by Crippen LogP contribution is -2.48. The molecule has 1 aromatic carbocycles. The van der Waals surface area contributed by atoms with Gasteiger partial charge in [-0.05, 0) is 29.8 Å². The average Bonchev–Trinajstić information content (AvgIpc) is 3.10. The number of aliphatic hydroxyl groups excluding tert-OH is 1. The summed E-state index contributed by atoms with van der Waals surface area (Å²) in [7, 11) is 0. The zero-order chi connectivity index (χ0) is 17.5. The largest absolute Gasteiger partial charge is 0.508 e. The molecule has 0 radical (unpaired) electrons. The number of aliphatic hydroxyl groups is 1. The standard InChI is InChI=1S/C19H26N2O4/c22-17-4-1-3-16(11-17)12-20-6-8-21(9-7-20)13-18(23)14-24-15-19-5-2-10-25-19/h1-5,10-11,18,22-23H,6-9,12-15H2. The maximum Gasteiger partial charge on any atom is 0.129 e. The number of nitrogens with zero attached hydrogens (tertiary/aromatic N) is 2. The van der Waals surface area contributed by atoms with Crippen molar-refractivity contribution in [3.05, 3.63) is 54.0 Å². The molecule has 0 amide bonds. The van der Waals surface area contributed by atoms with Crippen molar-refractivity contribution in [2.45, 2.75) is 19.3 Å². The molecule has 0 aliphatic carbocycles. The summed E-state index contributed by atoms with van der Waals surface area (Å²) in [5.41, 5.74) is 1.12. The summed E-state index contributed by atoms with van der Waals surface area (Å²) in [5, 5.41) is 19.7. The van der Waals surface area contributed by atoms with Crippen molar-refractivity contribution in [2.75, 3.05) is 39.3 Å². The van der Waals surface area contributed by atoms with Gasteiger partial charge in [0.15, 0.2) is 0 Å². The molecule has 6 heteroatoms. The number of phenols is 1. The average molecular weight is 346 g/mol. The van der Waals surface area contributed by atoms with Crippen LogP contribution in [0.3, 0.4) is 0 Å². The Balaban J connectivity index is 1.33. The molecule has 1 unspecified atom stereocenters. The molecular formula is C19H26N2O4. The van der Waals surface area contributed by atoms with Crippen molar-refractivity contribution in [3.63, 3.8) is 0 Å². The van der Waals surface area contributed by atoms with Crippen molar-refractivity contribution >= 4 is 0 Å². The Hall–Kier alpha value is -1.86. The molecular weight excluding hydrogens is 320 g/mol. The second-order valence-corrected chi connectivity index (χ2v) is 6.49. The maximum absolute atomic E-state index is 10.1. The molecule has 1 aliphatic heterocycles. The van der Waals surface area contributed by atoms with Gasteiger partial charge in [-0.1, -0.05) is 12.1 Å². The van der Waals surface area contributed by atoms with E-state index in [9.17, 15) is 10.2 Å². The maximum atomic E-state index is 10.1. The number of hydrogen-bond acceptors (Lipinski definition) is 6. The Kier molecular flexibility index (Phi) is 6.47. The van der Waals surface area contributed by atoms with Crippen LogP contribution < -0.4 is 0 Å². The fourth-order valence-electron chi connectivity index (χ4n) is 3.08. The lowest BCUT2D eigenvalue weighted by molar-refractivity contribution is -0.00308. The monoisotopic (exact) mass is 346 g/mol. The van der Waals surface area contributed by atoms with E-state index in [2.05, 4.69) is 9.80 Å². The first-order valence-corrected chi connectivity index (χ1v) is 8.70. The number of β-amino-alcohol motifs (C(OH)–C–C–N with tert-alkyl or cyclic N) is 1. The highest BCUT2D eigenvalue weighted by atomic mass is 16.5. The topological polar surface area (TPSA) is 69.3 Å². The number of benzene rings is 1. The van der Waals surface area contributed by atoms with Gasteiger partial charge < -0.3 is 19.4 Å². The van der Waals surface area contributed by atoms with Crippen LogP contribution in [-0.2, 0) is 17.9 Å². The van der Waals surface area contributed by atoms with Crippen molar-refractivity contribution in [1.82, 2.24) is 9.80 Å². The molecule has 1 atom stereocenters. The van der Waals surface area contributed by atoms with Crippen LogP contribution in [0.4, 0.5) is 0 Å². The molecule has 2 heterocycles. The first kappa shape index (κ1) is 17.9. The van der Waals surface area contributed by atoms with Gasteiger partial charge >= 0.3 is 0 Å². The van der Waals surface area contributed by atoms with Crippen molar-refractivity contribution in [1.29, 1.82) is 0 Å². The van der Waals surface area contributed by atoms with Gasteiger partial charge in [-0.2, -0.15) is 0 Å². The molecule has 25 heavy (non-hydrogen) atoms. The smallest absolute Gasteiger partial charge is 0.129 e. The van der Waals surface area contributed by atoms with Crippen molar-refractivity contribution < 1.29 is 19.4 Å². The van der Waals surface area contributed by atoms with Crippen molar-refractivity contribution in [3.8, 4) is 5.75 Å². The van der Waals surface area contributed by atoms with E-state index in [1.807, 2.05) is 30.3 Å². The Labute approximate surface area is 148 Å². The SMILES string of the molecule is Oc1cccc(CN2CCN(CC(O)COCc3ccco3)CC2)c1. The van der Waals surface area contributed by atoms with E-state index in [1.54, 1.807) is 12.3 Å². The van der Waals surface area contributed by atoms with Gasteiger partial charge in [0.25, 0.3) is 0 Å². The van der Waals surface area contributed by atoms with E-state index in [1.165, 1.54) is 0 Å². The molecule has 3 rings (SSSR count). The van der Waals surface area contributed by atoms with Gasteiger partial charge in [-0.25, -0.2) is 0 Å². The summed E-state index contributed by atoms with van der Waals surface area (Å²) < 4.78 is 10.7. The van der Waals surface area contributed by atoms with Gasteiger partial charge in [0.2, 0.25) is 0 Å². The first-order chi connectivity index (χ1) is 12.2. The second-order valence-electron chi connectivity index (χ2n) is 6.49. The van der Waals surface area contributed by atoms with Crippen LogP contribution in [0.1, 0.15) is 11.3 Å². The number of phenolic OH excluding ortho intramolecular Hbond substituents is 1. The Morgan fingerprint density at radius 1 is 1.08 bits per heavy atom. The molecule has 1 fully saturated rings. The summed E-state index contributed by atoms with van der Waals surface area (Å²) in [5.74, 6) is 1.08. The number of aromatic hydroxyl groups is 1. The number of furan rings is 1. The van der Waals surface area contributed by atoms with Crippen molar-refractivity contribution in [2.24, 2.45) is 0 Å². The number of hydrogen-bond donors (Lipinski definition) is 2. The van der Waals surface area contributed by atoms with E-state index in [-0.39, 0.29) is 0 Å². The number of ether oxygens (including phenoxy) is 1. The lowest BCUT2D eigenvalue weighted by Gasteiger charge is -2.35. The number of rotatable bonds is 8. The summed E-state index contributed by atoms with van der Waals surface area (Å²) in [4.78, 5) is 4.63. The van der Waals surface area contributed by atoms with Crippen LogP contribution >= 0.6 is 0 Å². The van der Waals surface area contributed by atoms with Crippen LogP contribution in [0.15, 0.2) is 47.1 Å². The molecule has 136 valence electrons. The third-order valence-corrected chi connectivity index (χ3v) is 4.39. The summed E-state index contributed by atoms with van der Waals surface area (Å²) in [6.45, 7) is 5.93. The highest BCUT2D eigenvalue weighted by Gasteiger charge is 2.19. The lowest BCUT2D eigenvalue weighted by atomic mass is 10.2. The van der Waals surface area contributed by atoms with Crippen LogP contribution in [0, 0.1) is 0 Å². The Morgan fingerprint density at radius 2 is 1.88 bits per heavy atom. The van der Waals surface area contributed by atoms with E-state index in [0.717, 1.165) is 44.0 Å². The summed E-state index contributed by atoms with van der Waals surface area (Å²) >= 11 is 0. The minimum Gasteiger partial charge on any atom is -0.508 e. The predicted molar refractivity (Wildman–Crippen MR) is 94.2 cm³/mol. The van der Waals surface area contributed by atoms with Gasteiger partial charge in [-0.3, -0.25) is 9.80 Å². The Morgan fingerprint density at radius 3 is 2.60 bits per heavy atom. The molecule has 1 saturated heterocycles. The van der Waals surface area contributed by atoms with E-state index in [4.69, 9.17) is 9.15 Å². The van der Waals surface area contributed by atoms with E-state index >= 15 is 0 Å².